The van der Waals surface area contributed by atoms with Gasteiger partial charge in [0.1, 0.15) is 17.1 Å². The first kappa shape index (κ1) is 17.2. The fraction of sp³-hybridized carbons (Fsp3) is 0.0500. The number of pyridine rings is 1. The van der Waals surface area contributed by atoms with E-state index in [9.17, 15) is 9.90 Å². The Kier molecular flexibility index (Phi) is 4.37. The molecule has 0 radical (unpaired) electrons. The SMILES string of the molecule is Cc1nc2ccc(Br)cn2c1C(=O)NN=Cc1c(O)ccc2ccccc12. The van der Waals surface area contributed by atoms with Gasteiger partial charge in [0.2, 0.25) is 0 Å². The van der Waals surface area contributed by atoms with Crippen LogP contribution in [0.15, 0.2) is 64.3 Å². The second-order valence-electron chi connectivity index (χ2n) is 6.04. The van der Waals surface area contributed by atoms with Crippen molar-refractivity contribution in [2.24, 2.45) is 5.10 Å². The van der Waals surface area contributed by atoms with Crippen LogP contribution >= 0.6 is 15.9 Å². The van der Waals surface area contributed by atoms with E-state index in [1.807, 2.05) is 42.5 Å². The number of phenols is 1. The zero-order valence-electron chi connectivity index (χ0n) is 14.3. The first-order valence-electron chi connectivity index (χ1n) is 8.23. The number of rotatable bonds is 3. The third-order valence-electron chi connectivity index (χ3n) is 4.28. The fourth-order valence-corrected chi connectivity index (χ4v) is 3.38. The fourth-order valence-electron chi connectivity index (χ4n) is 3.04. The predicted molar refractivity (Wildman–Crippen MR) is 108 cm³/mol. The summed E-state index contributed by atoms with van der Waals surface area (Å²) in [7, 11) is 0. The first-order valence-corrected chi connectivity index (χ1v) is 9.02. The number of aromatic nitrogens is 2. The highest BCUT2D eigenvalue weighted by Crippen LogP contribution is 2.25. The molecule has 0 saturated heterocycles. The molecule has 0 bridgehead atoms. The Labute approximate surface area is 163 Å². The molecule has 0 spiro atoms. The van der Waals surface area contributed by atoms with E-state index in [1.165, 1.54) is 6.21 Å². The molecule has 0 fully saturated rings. The van der Waals surface area contributed by atoms with Gasteiger partial charge in [0.15, 0.2) is 0 Å². The van der Waals surface area contributed by atoms with Crippen LogP contribution in [0, 0.1) is 6.92 Å². The summed E-state index contributed by atoms with van der Waals surface area (Å²) in [6, 6.07) is 14.8. The standard InChI is InChI=1S/C20H15BrN4O2/c1-12-19(25-11-14(21)7-9-18(25)23-12)20(27)24-22-10-16-15-5-3-2-4-13(15)6-8-17(16)26/h2-11,26H,1H3,(H,24,27). The lowest BCUT2D eigenvalue weighted by molar-refractivity contribution is 0.0948. The number of benzene rings is 2. The Bertz CT molecular complexity index is 1210. The number of nitrogens with one attached hydrogen (secondary N) is 1. The number of hydrogen-bond donors (Lipinski definition) is 2. The van der Waals surface area contributed by atoms with E-state index in [4.69, 9.17) is 0 Å². The number of imidazole rings is 1. The van der Waals surface area contributed by atoms with Crippen molar-refractivity contribution in [3.63, 3.8) is 0 Å². The molecular formula is C20H15BrN4O2. The van der Waals surface area contributed by atoms with Gasteiger partial charge in [0.05, 0.1) is 11.9 Å². The Hall–Kier alpha value is -3.19. The summed E-state index contributed by atoms with van der Waals surface area (Å²) in [4.78, 5) is 17.0. The van der Waals surface area contributed by atoms with E-state index in [-0.39, 0.29) is 11.7 Å². The second kappa shape index (κ2) is 6.85. The summed E-state index contributed by atoms with van der Waals surface area (Å²) in [6.07, 6.45) is 3.23. The Balaban J connectivity index is 1.65. The zero-order chi connectivity index (χ0) is 19.0. The van der Waals surface area contributed by atoms with Gasteiger partial charge in [-0.2, -0.15) is 5.10 Å². The van der Waals surface area contributed by atoms with E-state index < -0.39 is 0 Å². The van der Waals surface area contributed by atoms with Crippen LogP contribution in [0.2, 0.25) is 0 Å². The van der Waals surface area contributed by atoms with Gasteiger partial charge in [-0.25, -0.2) is 10.4 Å². The minimum Gasteiger partial charge on any atom is -0.507 e. The number of aromatic hydroxyl groups is 1. The average Bonchev–Trinajstić information content (AvgIpc) is 2.98. The van der Waals surface area contributed by atoms with Gasteiger partial charge < -0.3 is 5.11 Å². The van der Waals surface area contributed by atoms with Gasteiger partial charge in [-0.05, 0) is 51.8 Å². The zero-order valence-corrected chi connectivity index (χ0v) is 15.9. The predicted octanol–water partition coefficient (Wildman–Crippen LogP) is 4.03. The van der Waals surface area contributed by atoms with Crippen LogP contribution in [0.5, 0.6) is 5.75 Å². The largest absolute Gasteiger partial charge is 0.507 e. The number of carbonyl (C=O) groups is 1. The molecule has 6 nitrogen and oxygen atoms in total. The molecule has 7 heteroatoms. The molecule has 134 valence electrons. The van der Waals surface area contributed by atoms with Crippen molar-refractivity contribution in [2.75, 3.05) is 0 Å². The van der Waals surface area contributed by atoms with Gasteiger partial charge in [0, 0.05) is 16.2 Å². The number of hydrogen-bond acceptors (Lipinski definition) is 4. The molecule has 4 rings (SSSR count). The van der Waals surface area contributed by atoms with Crippen LogP contribution in [0.1, 0.15) is 21.7 Å². The monoisotopic (exact) mass is 422 g/mol. The number of aryl methyl sites for hydroxylation is 1. The molecule has 27 heavy (non-hydrogen) atoms. The smallest absolute Gasteiger partial charge is 0.290 e. The first-order chi connectivity index (χ1) is 13.0. The van der Waals surface area contributed by atoms with E-state index in [2.05, 4.69) is 31.4 Å². The molecule has 0 aliphatic carbocycles. The highest BCUT2D eigenvalue weighted by atomic mass is 79.9. The minimum atomic E-state index is -0.380. The molecule has 0 atom stereocenters. The summed E-state index contributed by atoms with van der Waals surface area (Å²) in [5, 5.41) is 16.0. The average molecular weight is 423 g/mol. The van der Waals surface area contributed by atoms with Crippen molar-refractivity contribution >= 4 is 44.5 Å². The van der Waals surface area contributed by atoms with Crippen LogP contribution in [0.3, 0.4) is 0 Å². The van der Waals surface area contributed by atoms with Crippen LogP contribution in [0.25, 0.3) is 16.4 Å². The lowest BCUT2D eigenvalue weighted by Crippen LogP contribution is -2.20. The molecule has 0 saturated carbocycles. The summed E-state index contributed by atoms with van der Waals surface area (Å²) in [5.74, 6) is -0.282. The molecule has 0 aliphatic heterocycles. The maximum Gasteiger partial charge on any atom is 0.290 e. The van der Waals surface area contributed by atoms with Crippen LogP contribution < -0.4 is 5.43 Å². The third-order valence-corrected chi connectivity index (χ3v) is 4.75. The second-order valence-corrected chi connectivity index (χ2v) is 6.96. The highest BCUT2D eigenvalue weighted by Gasteiger charge is 2.16. The maximum atomic E-state index is 12.6. The maximum absolute atomic E-state index is 12.6. The van der Waals surface area contributed by atoms with E-state index in [0.717, 1.165) is 15.2 Å². The molecule has 2 aromatic heterocycles. The van der Waals surface area contributed by atoms with E-state index in [1.54, 1.807) is 23.6 Å². The van der Waals surface area contributed by atoms with Gasteiger partial charge >= 0.3 is 0 Å². The van der Waals surface area contributed by atoms with Crippen molar-refractivity contribution in [3.8, 4) is 5.75 Å². The molecule has 4 aromatic rings. The van der Waals surface area contributed by atoms with Crippen molar-refractivity contribution in [1.82, 2.24) is 14.8 Å². The summed E-state index contributed by atoms with van der Waals surface area (Å²) < 4.78 is 2.55. The van der Waals surface area contributed by atoms with Crippen LogP contribution in [-0.2, 0) is 0 Å². The topological polar surface area (TPSA) is 79.0 Å². The quantitative estimate of drug-likeness (QED) is 0.386. The van der Waals surface area contributed by atoms with Crippen molar-refractivity contribution in [2.45, 2.75) is 6.92 Å². The van der Waals surface area contributed by atoms with Crippen molar-refractivity contribution in [1.29, 1.82) is 0 Å². The molecular weight excluding hydrogens is 408 g/mol. The number of halogens is 1. The van der Waals surface area contributed by atoms with Crippen LogP contribution in [0.4, 0.5) is 0 Å². The van der Waals surface area contributed by atoms with Crippen molar-refractivity contribution in [3.05, 3.63) is 76.2 Å². The molecule has 1 amide bonds. The van der Waals surface area contributed by atoms with Gasteiger partial charge in [-0.15, -0.1) is 0 Å². The molecule has 2 aromatic carbocycles. The summed E-state index contributed by atoms with van der Waals surface area (Å²) in [5.41, 5.74) is 4.76. The number of phenolic OH excluding ortho intramolecular Hbond substituents is 1. The third kappa shape index (κ3) is 3.17. The lowest BCUT2D eigenvalue weighted by Gasteiger charge is -2.05. The number of amides is 1. The van der Waals surface area contributed by atoms with Gasteiger partial charge in [-0.3, -0.25) is 9.20 Å². The van der Waals surface area contributed by atoms with Gasteiger partial charge in [0.25, 0.3) is 5.91 Å². The molecule has 0 aliphatic rings. The summed E-state index contributed by atoms with van der Waals surface area (Å²) >= 11 is 3.40. The minimum absolute atomic E-state index is 0.0987. The van der Waals surface area contributed by atoms with Crippen LogP contribution in [-0.4, -0.2) is 26.6 Å². The van der Waals surface area contributed by atoms with E-state index in [0.29, 0.717) is 22.6 Å². The normalized spacial score (nSPS) is 11.5. The summed E-state index contributed by atoms with van der Waals surface area (Å²) in [6.45, 7) is 1.77. The molecule has 2 N–H and O–H groups in total. The Morgan fingerprint density at radius 1 is 1.22 bits per heavy atom. The molecule has 0 unspecified atom stereocenters. The highest BCUT2D eigenvalue weighted by molar-refractivity contribution is 9.10. The van der Waals surface area contributed by atoms with Crippen molar-refractivity contribution < 1.29 is 9.90 Å². The Morgan fingerprint density at radius 2 is 2.04 bits per heavy atom. The molecule has 2 heterocycles. The number of nitrogens with zero attached hydrogens (tertiary/aromatic N) is 3. The Morgan fingerprint density at radius 3 is 2.89 bits per heavy atom. The number of fused-ring (bicyclic) bond motifs is 2. The lowest BCUT2D eigenvalue weighted by atomic mass is 10.0. The van der Waals surface area contributed by atoms with Gasteiger partial charge in [-0.1, -0.05) is 30.3 Å². The number of carbonyl (C=O) groups excluding carboxylic acids is 1. The van der Waals surface area contributed by atoms with E-state index >= 15 is 0 Å². The number of hydrazone groups is 1.